The fraction of sp³-hybridized carbons (Fsp3) is 0.276. The van der Waals surface area contributed by atoms with Gasteiger partial charge in [0, 0.05) is 30.2 Å². The van der Waals surface area contributed by atoms with Gasteiger partial charge in [0.05, 0.1) is 25.4 Å². The van der Waals surface area contributed by atoms with E-state index < -0.39 is 56.0 Å². The van der Waals surface area contributed by atoms with Crippen molar-refractivity contribution in [2.24, 2.45) is 0 Å². The van der Waals surface area contributed by atoms with Gasteiger partial charge in [-0.05, 0) is 40.7 Å². The van der Waals surface area contributed by atoms with E-state index in [4.69, 9.17) is 18.5 Å². The molecule has 1 aliphatic heterocycles. The Kier molecular flexibility index (Phi) is 9.99. The van der Waals surface area contributed by atoms with Gasteiger partial charge in [-0.3, -0.25) is 23.7 Å². The van der Waals surface area contributed by atoms with Crippen LogP contribution in [0.4, 0.5) is 0 Å². The van der Waals surface area contributed by atoms with Gasteiger partial charge in [0.15, 0.2) is 0 Å². The van der Waals surface area contributed by atoms with E-state index in [1.807, 2.05) is 30.3 Å². The Morgan fingerprint density at radius 3 is 2.68 bits per heavy atom. The summed E-state index contributed by atoms with van der Waals surface area (Å²) in [5.41, 5.74) is 0.424. The largest absolute Gasteiger partial charge is 0.468 e. The predicted molar refractivity (Wildman–Crippen MR) is 165 cm³/mol. The molecule has 1 saturated heterocycles. The number of carbonyl (C=O) groups excluding carboxylic acids is 1. The van der Waals surface area contributed by atoms with Crippen molar-refractivity contribution in [3.8, 4) is 5.75 Å². The van der Waals surface area contributed by atoms with Crippen LogP contribution < -0.4 is 20.9 Å². The fourth-order valence-corrected chi connectivity index (χ4v) is 6.58. The van der Waals surface area contributed by atoms with Crippen LogP contribution in [0.2, 0.25) is 0 Å². The van der Waals surface area contributed by atoms with Crippen molar-refractivity contribution in [1.82, 2.24) is 19.6 Å². The second kappa shape index (κ2) is 13.9. The third-order valence-electron chi connectivity index (χ3n) is 6.94. The summed E-state index contributed by atoms with van der Waals surface area (Å²) in [6.45, 7) is -0.429. The molecule has 0 bridgehead atoms. The summed E-state index contributed by atoms with van der Waals surface area (Å²) >= 11 is 3.10. The van der Waals surface area contributed by atoms with Crippen LogP contribution in [0.1, 0.15) is 23.9 Å². The van der Waals surface area contributed by atoms with Crippen LogP contribution in [0.3, 0.4) is 0 Å². The van der Waals surface area contributed by atoms with Crippen molar-refractivity contribution in [3.05, 3.63) is 104 Å². The number of aliphatic hydroxyl groups excluding tert-OH is 1. The molecule has 4 N–H and O–H groups in total. The van der Waals surface area contributed by atoms with Gasteiger partial charge in [0.2, 0.25) is 0 Å². The second-order valence-corrected chi connectivity index (χ2v) is 12.2. The van der Waals surface area contributed by atoms with Gasteiger partial charge in [0.1, 0.15) is 24.1 Å². The van der Waals surface area contributed by atoms with E-state index in [0.29, 0.717) is 5.69 Å². The first-order valence-electron chi connectivity index (χ1n) is 13.5. The van der Waals surface area contributed by atoms with E-state index in [1.165, 1.54) is 24.4 Å². The smallest absolute Gasteiger partial charge is 0.459 e. The van der Waals surface area contributed by atoms with Gasteiger partial charge in [-0.15, -0.1) is 0 Å². The minimum absolute atomic E-state index is 0.0140. The van der Waals surface area contributed by atoms with Gasteiger partial charge < -0.3 is 24.1 Å². The zero-order valence-corrected chi connectivity index (χ0v) is 25.9. The topological polar surface area (TPSA) is 174 Å². The maximum Gasteiger partial charge on any atom is 0.459 e. The Balaban J connectivity index is 1.36. The number of methoxy groups -OCH3 is 1. The van der Waals surface area contributed by atoms with Gasteiger partial charge in [-0.2, -0.15) is 5.09 Å². The number of aromatic nitrogens is 3. The summed E-state index contributed by atoms with van der Waals surface area (Å²) in [5.74, 6) is -0.498. The standard InChI is InChI=1S/C29H30BrN4O9P/c1-40-28(37)23(14-20-13-18-7-5-6-10-22(18)31-20)33-44(39,43-21-8-3-2-4-9-21)41-17-25-24(35)15-26(42-25)34-16-19(11-12-30)27(36)32-29(34)38/h2-13,16,23-26,31,35H,14-15,17H2,1H3,(H,33,39)(H,32,36,38)/t23-,24?,25?,26?,44?/m0/s1. The van der Waals surface area contributed by atoms with Crippen LogP contribution in [0.15, 0.2) is 81.4 Å². The van der Waals surface area contributed by atoms with E-state index in [9.17, 15) is 24.1 Å². The molecule has 2 aromatic heterocycles. The molecule has 2 aromatic carbocycles. The zero-order valence-electron chi connectivity index (χ0n) is 23.4. The van der Waals surface area contributed by atoms with Crippen LogP contribution in [0.5, 0.6) is 5.75 Å². The molecule has 13 nitrogen and oxygen atoms in total. The lowest BCUT2D eigenvalue weighted by atomic mass is 10.1. The Morgan fingerprint density at radius 2 is 1.95 bits per heavy atom. The first-order chi connectivity index (χ1) is 21.2. The van der Waals surface area contributed by atoms with Gasteiger partial charge in [0.25, 0.3) is 5.56 Å². The number of esters is 1. The average molecular weight is 689 g/mol. The summed E-state index contributed by atoms with van der Waals surface area (Å²) in [6, 6.07) is 16.6. The number of halogens is 1. The van der Waals surface area contributed by atoms with Gasteiger partial charge in [-0.25, -0.2) is 9.36 Å². The number of carbonyl (C=O) groups is 1. The molecule has 0 saturated carbocycles. The van der Waals surface area contributed by atoms with E-state index in [0.717, 1.165) is 15.5 Å². The minimum Gasteiger partial charge on any atom is -0.468 e. The van der Waals surface area contributed by atoms with Crippen molar-refractivity contribution in [2.75, 3.05) is 13.7 Å². The molecule has 0 amide bonds. The Hall–Kier alpha value is -3.78. The number of nitrogens with zero attached hydrogens (tertiary/aromatic N) is 1. The van der Waals surface area contributed by atoms with Crippen LogP contribution in [0.25, 0.3) is 17.0 Å². The van der Waals surface area contributed by atoms with Gasteiger partial charge >= 0.3 is 19.4 Å². The summed E-state index contributed by atoms with van der Waals surface area (Å²) < 4.78 is 37.7. The third kappa shape index (κ3) is 7.46. The highest BCUT2D eigenvalue weighted by molar-refractivity contribution is 9.11. The zero-order chi connectivity index (χ0) is 31.3. The molecule has 4 aromatic rings. The molecule has 232 valence electrons. The number of nitrogens with one attached hydrogen (secondary N) is 3. The molecule has 4 unspecified atom stereocenters. The van der Waals surface area contributed by atoms with E-state index >= 15 is 0 Å². The first kappa shape index (κ1) is 31.6. The Bertz CT molecular complexity index is 1770. The molecule has 0 radical (unpaired) electrons. The number of H-pyrrole nitrogens is 2. The number of aliphatic hydroxyl groups is 1. The van der Waals surface area contributed by atoms with Crippen LogP contribution in [-0.2, 0) is 29.8 Å². The van der Waals surface area contributed by atoms with Crippen LogP contribution in [-0.4, -0.2) is 57.6 Å². The SMILES string of the molecule is COC(=O)[C@H](Cc1cc2ccccc2[nH]1)NP(=O)(OCC1OC(n2cc(C=CBr)c(=O)[nH]c2=O)CC1O)Oc1ccccc1. The average Bonchev–Trinajstić information content (AvgIpc) is 3.59. The molecule has 5 atom stereocenters. The number of rotatable bonds is 12. The number of ether oxygens (including phenoxy) is 2. The molecule has 0 aliphatic carbocycles. The molecular weight excluding hydrogens is 659 g/mol. The fourth-order valence-electron chi connectivity index (χ4n) is 4.80. The van der Waals surface area contributed by atoms with Crippen molar-refractivity contribution in [3.63, 3.8) is 0 Å². The summed E-state index contributed by atoms with van der Waals surface area (Å²) in [4.78, 5) is 44.3. The number of hydrogen-bond acceptors (Lipinski definition) is 9. The lowest BCUT2D eigenvalue weighted by molar-refractivity contribution is -0.142. The van der Waals surface area contributed by atoms with E-state index in [2.05, 4.69) is 31.0 Å². The summed E-state index contributed by atoms with van der Waals surface area (Å²) in [6.07, 6.45) is -0.280. The number of hydrogen-bond donors (Lipinski definition) is 4. The quantitative estimate of drug-likeness (QED) is 0.127. The molecule has 5 rings (SSSR count). The summed E-state index contributed by atoms with van der Waals surface area (Å²) in [7, 11) is -3.11. The lowest BCUT2D eigenvalue weighted by Crippen LogP contribution is -2.40. The minimum atomic E-state index is -4.33. The molecule has 1 aliphatic rings. The van der Waals surface area contributed by atoms with Crippen molar-refractivity contribution in [2.45, 2.75) is 37.3 Å². The van der Waals surface area contributed by atoms with Crippen molar-refractivity contribution in [1.29, 1.82) is 0 Å². The van der Waals surface area contributed by atoms with Crippen molar-refractivity contribution >= 4 is 46.6 Å². The number of benzene rings is 2. The highest BCUT2D eigenvalue weighted by atomic mass is 79.9. The molecule has 0 spiro atoms. The van der Waals surface area contributed by atoms with Crippen molar-refractivity contribution < 1.29 is 33.0 Å². The maximum atomic E-state index is 14.2. The third-order valence-corrected chi connectivity index (χ3v) is 8.77. The summed E-state index contributed by atoms with van der Waals surface area (Å²) in [5, 5.41) is 14.4. The highest BCUT2D eigenvalue weighted by Gasteiger charge is 2.40. The maximum absolute atomic E-state index is 14.2. The second-order valence-electron chi connectivity index (χ2n) is 9.96. The van der Waals surface area contributed by atoms with E-state index in [-0.39, 0.29) is 24.2 Å². The number of aromatic amines is 2. The molecule has 3 heterocycles. The predicted octanol–water partition coefficient (Wildman–Crippen LogP) is 3.61. The number of fused-ring (bicyclic) bond motifs is 1. The molecular formula is C29H30BrN4O9P. The van der Waals surface area contributed by atoms with Gasteiger partial charge in [-0.1, -0.05) is 52.3 Å². The molecule has 15 heteroatoms. The lowest BCUT2D eigenvalue weighted by Gasteiger charge is -2.25. The van der Waals surface area contributed by atoms with E-state index in [1.54, 1.807) is 30.3 Å². The Labute approximate surface area is 259 Å². The Morgan fingerprint density at radius 1 is 1.20 bits per heavy atom. The normalized spacial score (nSPS) is 20.5. The molecule has 44 heavy (non-hydrogen) atoms. The molecule has 1 fully saturated rings. The monoisotopic (exact) mass is 688 g/mol. The number of para-hydroxylation sites is 2. The van der Waals surface area contributed by atoms with Crippen LogP contribution >= 0.6 is 23.7 Å². The van der Waals surface area contributed by atoms with Crippen LogP contribution in [0, 0.1) is 0 Å². The highest BCUT2D eigenvalue weighted by Crippen LogP contribution is 2.46. The first-order valence-corrected chi connectivity index (χ1v) is 16.0.